The molecule has 0 saturated carbocycles. The first-order valence-electron chi connectivity index (χ1n) is 5.91. The standard InChI is InChI=1S/C11H24NO4P/c1-6-16-17(5,15)9(4)12-10(11(13)14)7-8(2)3/h8-10,12H,6-7H2,1-5H3,(H,13,14). The number of hydrogen-bond donors (Lipinski definition) is 2. The van der Waals surface area contributed by atoms with Gasteiger partial charge in [-0.2, -0.15) is 0 Å². The van der Waals surface area contributed by atoms with Crippen molar-refractivity contribution in [2.75, 3.05) is 13.3 Å². The third-order valence-electron chi connectivity index (χ3n) is 2.54. The van der Waals surface area contributed by atoms with Gasteiger partial charge in [-0.25, -0.2) is 0 Å². The molecule has 0 spiro atoms. The first-order chi connectivity index (χ1) is 7.70. The lowest BCUT2D eigenvalue weighted by molar-refractivity contribution is -0.140. The highest BCUT2D eigenvalue weighted by Gasteiger charge is 2.29. The number of aliphatic carboxylic acids is 1. The van der Waals surface area contributed by atoms with E-state index >= 15 is 0 Å². The van der Waals surface area contributed by atoms with Gasteiger partial charge in [-0.05, 0) is 26.2 Å². The Balaban J connectivity index is 4.55. The highest BCUT2D eigenvalue weighted by molar-refractivity contribution is 7.58. The molecule has 0 aliphatic rings. The molecule has 0 amide bonds. The normalized spacial score (nSPS) is 18.7. The average molecular weight is 265 g/mol. The SMILES string of the molecule is CCOP(C)(=O)C(C)NC(CC(C)C)C(=O)O. The van der Waals surface area contributed by atoms with E-state index in [1.165, 1.54) is 6.66 Å². The van der Waals surface area contributed by atoms with Crippen molar-refractivity contribution in [3.05, 3.63) is 0 Å². The van der Waals surface area contributed by atoms with Crippen molar-refractivity contribution in [1.82, 2.24) is 5.32 Å². The Labute approximate surface area is 103 Å². The van der Waals surface area contributed by atoms with Gasteiger partial charge in [0.1, 0.15) is 6.04 Å². The van der Waals surface area contributed by atoms with Gasteiger partial charge in [-0.15, -0.1) is 0 Å². The Hall–Kier alpha value is -0.380. The van der Waals surface area contributed by atoms with Crippen molar-refractivity contribution < 1.29 is 19.0 Å². The maximum absolute atomic E-state index is 12.1. The van der Waals surface area contributed by atoms with E-state index in [0.29, 0.717) is 13.0 Å². The molecule has 0 heterocycles. The van der Waals surface area contributed by atoms with E-state index in [4.69, 9.17) is 9.63 Å². The van der Waals surface area contributed by atoms with Gasteiger partial charge >= 0.3 is 5.97 Å². The van der Waals surface area contributed by atoms with Crippen LogP contribution in [-0.4, -0.2) is 36.2 Å². The van der Waals surface area contributed by atoms with E-state index in [1.807, 2.05) is 13.8 Å². The van der Waals surface area contributed by atoms with Gasteiger partial charge in [0.15, 0.2) is 0 Å². The molecule has 102 valence electrons. The molecule has 6 heteroatoms. The van der Waals surface area contributed by atoms with Crippen LogP contribution in [0.5, 0.6) is 0 Å². The van der Waals surface area contributed by atoms with Crippen LogP contribution in [0.25, 0.3) is 0 Å². The molecule has 17 heavy (non-hydrogen) atoms. The first-order valence-corrected chi connectivity index (χ1v) is 8.05. The maximum Gasteiger partial charge on any atom is 0.320 e. The van der Waals surface area contributed by atoms with Gasteiger partial charge in [0.25, 0.3) is 0 Å². The first kappa shape index (κ1) is 16.6. The third kappa shape index (κ3) is 6.20. The Morgan fingerprint density at radius 3 is 2.29 bits per heavy atom. The lowest BCUT2D eigenvalue weighted by Gasteiger charge is -2.25. The fourth-order valence-corrected chi connectivity index (χ4v) is 2.69. The second-order valence-electron chi connectivity index (χ2n) is 4.69. The van der Waals surface area contributed by atoms with Gasteiger partial charge < -0.3 is 9.63 Å². The summed E-state index contributed by atoms with van der Waals surface area (Å²) in [6.45, 7) is 9.27. The Kier molecular flexibility index (Phi) is 6.98. The maximum atomic E-state index is 12.1. The van der Waals surface area contributed by atoms with Crippen LogP contribution < -0.4 is 5.32 Å². The fraction of sp³-hybridized carbons (Fsp3) is 0.909. The molecule has 0 aromatic carbocycles. The van der Waals surface area contributed by atoms with Crippen LogP contribution in [0, 0.1) is 5.92 Å². The molecule has 0 aliphatic heterocycles. The molecule has 3 atom stereocenters. The lowest BCUT2D eigenvalue weighted by Crippen LogP contribution is -2.42. The summed E-state index contributed by atoms with van der Waals surface area (Å²) in [7, 11) is -2.80. The molecule has 0 bridgehead atoms. The molecule has 0 rings (SSSR count). The molecule has 5 nitrogen and oxygen atoms in total. The molecular formula is C11H24NO4P. The van der Waals surface area contributed by atoms with Gasteiger partial charge in [-0.1, -0.05) is 13.8 Å². The van der Waals surface area contributed by atoms with Crippen LogP contribution in [0.15, 0.2) is 0 Å². The van der Waals surface area contributed by atoms with Gasteiger partial charge in [0, 0.05) is 6.66 Å². The fourth-order valence-electron chi connectivity index (χ4n) is 1.51. The molecule has 0 saturated heterocycles. The number of nitrogens with one attached hydrogen (secondary N) is 1. The van der Waals surface area contributed by atoms with Crippen molar-refractivity contribution in [2.45, 2.75) is 45.9 Å². The van der Waals surface area contributed by atoms with Crippen molar-refractivity contribution in [3.63, 3.8) is 0 Å². The topological polar surface area (TPSA) is 75.6 Å². The molecule has 0 aliphatic carbocycles. The lowest BCUT2D eigenvalue weighted by atomic mass is 10.0. The van der Waals surface area contributed by atoms with Gasteiger partial charge in [-0.3, -0.25) is 14.7 Å². The Morgan fingerprint density at radius 2 is 1.94 bits per heavy atom. The summed E-state index contributed by atoms with van der Waals surface area (Å²) < 4.78 is 17.3. The van der Waals surface area contributed by atoms with Crippen LogP contribution in [0.3, 0.4) is 0 Å². The summed E-state index contributed by atoms with van der Waals surface area (Å²) in [5.74, 6) is -1.11. The minimum Gasteiger partial charge on any atom is -0.480 e. The predicted octanol–water partition coefficient (Wildman–Crippen LogP) is 2.37. The zero-order valence-corrected chi connectivity index (χ0v) is 12.2. The summed E-state index contributed by atoms with van der Waals surface area (Å²) >= 11 is 0. The number of carbonyl (C=O) groups is 1. The highest BCUT2D eigenvalue weighted by Crippen LogP contribution is 2.46. The van der Waals surface area contributed by atoms with Crippen molar-refractivity contribution in [2.24, 2.45) is 5.92 Å². The Bertz CT molecular complexity index is 293. The zero-order chi connectivity index (χ0) is 13.6. The van der Waals surface area contributed by atoms with Crippen molar-refractivity contribution in [3.8, 4) is 0 Å². The summed E-state index contributed by atoms with van der Waals surface area (Å²) in [6.07, 6.45) is 0.506. The number of carboxylic acid groups (broad SMARTS) is 1. The van der Waals surface area contributed by atoms with Gasteiger partial charge in [0.05, 0.1) is 12.4 Å². The summed E-state index contributed by atoms with van der Waals surface area (Å²) in [6, 6.07) is -0.682. The zero-order valence-electron chi connectivity index (χ0n) is 11.3. The smallest absolute Gasteiger partial charge is 0.320 e. The van der Waals surface area contributed by atoms with E-state index < -0.39 is 25.2 Å². The van der Waals surface area contributed by atoms with Crippen molar-refractivity contribution in [1.29, 1.82) is 0 Å². The predicted molar refractivity (Wildman–Crippen MR) is 68.6 cm³/mol. The van der Waals surface area contributed by atoms with E-state index in [9.17, 15) is 9.36 Å². The van der Waals surface area contributed by atoms with E-state index in [1.54, 1.807) is 13.8 Å². The van der Waals surface area contributed by atoms with Crippen LogP contribution in [0.2, 0.25) is 0 Å². The summed E-state index contributed by atoms with van der Waals surface area (Å²) in [5.41, 5.74) is 0. The molecule has 0 radical (unpaired) electrons. The highest BCUT2D eigenvalue weighted by atomic mass is 31.2. The number of rotatable bonds is 8. The summed E-state index contributed by atoms with van der Waals surface area (Å²) in [5, 5.41) is 12.0. The van der Waals surface area contributed by atoms with Crippen LogP contribution in [0.4, 0.5) is 0 Å². The monoisotopic (exact) mass is 265 g/mol. The third-order valence-corrected chi connectivity index (χ3v) is 4.86. The second kappa shape index (κ2) is 7.14. The quantitative estimate of drug-likeness (QED) is 0.659. The molecule has 0 fully saturated rings. The molecule has 0 aromatic rings. The average Bonchev–Trinajstić information content (AvgIpc) is 2.15. The van der Waals surface area contributed by atoms with E-state index in [0.717, 1.165) is 0 Å². The molecule has 0 aromatic heterocycles. The largest absolute Gasteiger partial charge is 0.480 e. The number of carboxylic acids is 1. The van der Waals surface area contributed by atoms with Gasteiger partial charge in [0.2, 0.25) is 7.37 Å². The van der Waals surface area contributed by atoms with Crippen molar-refractivity contribution >= 4 is 13.3 Å². The second-order valence-corrected chi connectivity index (χ2v) is 7.54. The van der Waals surface area contributed by atoms with E-state index in [2.05, 4.69) is 5.32 Å². The summed E-state index contributed by atoms with van der Waals surface area (Å²) in [4.78, 5) is 11.1. The Morgan fingerprint density at radius 1 is 1.41 bits per heavy atom. The molecular weight excluding hydrogens is 241 g/mol. The molecule has 2 N–H and O–H groups in total. The van der Waals surface area contributed by atoms with Crippen LogP contribution in [0.1, 0.15) is 34.1 Å². The van der Waals surface area contributed by atoms with Crippen LogP contribution >= 0.6 is 7.37 Å². The minimum atomic E-state index is -2.80. The molecule has 3 unspecified atom stereocenters. The van der Waals surface area contributed by atoms with E-state index in [-0.39, 0.29) is 5.92 Å². The minimum absolute atomic E-state index is 0.263. The number of hydrogen-bond acceptors (Lipinski definition) is 4. The van der Waals surface area contributed by atoms with Crippen LogP contribution in [-0.2, 0) is 13.9 Å².